The van der Waals surface area contributed by atoms with Gasteiger partial charge in [-0.3, -0.25) is 14.4 Å². The van der Waals surface area contributed by atoms with Crippen molar-refractivity contribution in [3.05, 3.63) is 35.9 Å². The van der Waals surface area contributed by atoms with Gasteiger partial charge in [0.15, 0.2) is 30.7 Å². The number of hydrogen-bond donors (Lipinski definition) is 1. The summed E-state index contributed by atoms with van der Waals surface area (Å²) < 4.78 is 25.5. The Hall–Kier alpha value is -2.98. The zero-order valence-corrected chi connectivity index (χ0v) is 16.1. The van der Waals surface area contributed by atoms with Crippen LogP contribution >= 0.6 is 0 Å². The number of aliphatic hydroxyl groups excluding tert-OH is 1. The van der Waals surface area contributed by atoms with E-state index in [1.165, 1.54) is 0 Å². The molecule has 0 spiro atoms. The van der Waals surface area contributed by atoms with E-state index in [1.807, 2.05) is 0 Å². The molecule has 0 amide bonds. The highest BCUT2D eigenvalue weighted by Gasteiger charge is 2.54. The molecule has 0 bridgehead atoms. The van der Waals surface area contributed by atoms with Crippen LogP contribution in [0.3, 0.4) is 0 Å². The van der Waals surface area contributed by atoms with Gasteiger partial charge in [0, 0.05) is 20.8 Å². The van der Waals surface area contributed by atoms with Crippen molar-refractivity contribution in [2.45, 2.75) is 58.1 Å². The first-order chi connectivity index (χ1) is 13.7. The topological polar surface area (TPSA) is 135 Å². The summed E-state index contributed by atoms with van der Waals surface area (Å²) in [4.78, 5) is 47.0. The first-order valence-corrected chi connectivity index (χ1v) is 8.74. The maximum Gasteiger partial charge on any atom is 0.339 e. The summed E-state index contributed by atoms with van der Waals surface area (Å²) in [6, 6.07) is 8.76. The van der Waals surface area contributed by atoms with Crippen LogP contribution in [0.15, 0.2) is 30.3 Å². The predicted octanol–water partition coefficient (Wildman–Crippen LogP) is 0.242. The number of hydrogen-bond acceptors (Lipinski definition) is 10. The largest absolute Gasteiger partial charge is 0.459 e. The summed E-state index contributed by atoms with van der Waals surface area (Å²) in [6.45, 7) is 3.11. The Morgan fingerprint density at radius 1 is 0.862 bits per heavy atom. The van der Waals surface area contributed by atoms with Crippen molar-refractivity contribution >= 4 is 23.9 Å². The van der Waals surface area contributed by atoms with Crippen LogP contribution < -0.4 is 0 Å². The van der Waals surface area contributed by atoms with Crippen molar-refractivity contribution in [2.75, 3.05) is 0 Å². The van der Waals surface area contributed by atoms with E-state index in [9.17, 15) is 24.3 Å². The molecule has 0 unspecified atom stereocenters. The average molecular weight is 410 g/mol. The Labute approximate surface area is 166 Å². The van der Waals surface area contributed by atoms with Crippen LogP contribution in [0.4, 0.5) is 0 Å². The second-order valence-electron chi connectivity index (χ2n) is 6.26. The van der Waals surface area contributed by atoms with Gasteiger partial charge < -0.3 is 28.8 Å². The molecule has 1 N–H and O–H groups in total. The van der Waals surface area contributed by atoms with Gasteiger partial charge in [-0.2, -0.15) is 0 Å². The van der Waals surface area contributed by atoms with Gasteiger partial charge in [-0.05, 0) is 5.56 Å². The van der Waals surface area contributed by atoms with E-state index in [1.54, 1.807) is 30.3 Å². The van der Waals surface area contributed by atoms with Gasteiger partial charge in [0.05, 0.1) is 0 Å². The molecule has 0 saturated carbocycles. The molecule has 1 aromatic rings. The standard InChI is InChI=1S/C19H22O10/c1-10(20)26-14-15(27-11(2)21)17(28-12(3)22)19(24)29-16(14)18(23)25-9-13-7-5-4-6-8-13/h4-8,14-17,19,24H,9H2,1-3H3/t14-,15-,16-,17+,19+/m0/s1. The van der Waals surface area contributed by atoms with Crippen LogP contribution in [-0.2, 0) is 49.5 Å². The lowest BCUT2D eigenvalue weighted by atomic mass is 9.98. The summed E-state index contributed by atoms with van der Waals surface area (Å²) in [5.74, 6) is -3.39. The van der Waals surface area contributed by atoms with Crippen molar-refractivity contribution in [3.8, 4) is 0 Å². The Morgan fingerprint density at radius 2 is 1.38 bits per heavy atom. The van der Waals surface area contributed by atoms with Gasteiger partial charge in [0.1, 0.15) is 6.61 Å². The summed E-state index contributed by atoms with van der Waals surface area (Å²) >= 11 is 0. The summed E-state index contributed by atoms with van der Waals surface area (Å²) in [5.41, 5.74) is 0.690. The summed E-state index contributed by atoms with van der Waals surface area (Å²) in [7, 11) is 0. The highest BCUT2D eigenvalue weighted by atomic mass is 16.7. The second-order valence-corrected chi connectivity index (χ2v) is 6.26. The Morgan fingerprint density at radius 3 is 1.93 bits per heavy atom. The fraction of sp³-hybridized carbons (Fsp3) is 0.474. The number of rotatable bonds is 6. The zero-order valence-electron chi connectivity index (χ0n) is 16.1. The zero-order chi connectivity index (χ0) is 21.6. The molecule has 10 nitrogen and oxygen atoms in total. The van der Waals surface area contributed by atoms with E-state index in [2.05, 4.69) is 0 Å². The number of ether oxygens (including phenoxy) is 5. The first-order valence-electron chi connectivity index (χ1n) is 8.74. The van der Waals surface area contributed by atoms with Crippen molar-refractivity contribution in [1.29, 1.82) is 0 Å². The molecule has 1 aliphatic rings. The van der Waals surface area contributed by atoms with Crippen LogP contribution in [-0.4, -0.2) is 59.7 Å². The molecule has 1 saturated heterocycles. The molecular formula is C19H22O10. The number of benzene rings is 1. The maximum absolute atomic E-state index is 12.6. The molecule has 1 aromatic carbocycles. The smallest absolute Gasteiger partial charge is 0.339 e. The molecule has 1 heterocycles. The molecule has 1 fully saturated rings. The first kappa shape index (κ1) is 22.3. The molecule has 2 rings (SSSR count). The second kappa shape index (κ2) is 9.99. The molecular weight excluding hydrogens is 388 g/mol. The van der Waals surface area contributed by atoms with E-state index in [0.717, 1.165) is 20.8 Å². The highest BCUT2D eigenvalue weighted by molar-refractivity contribution is 5.77. The van der Waals surface area contributed by atoms with Crippen LogP contribution in [0, 0.1) is 0 Å². The molecule has 158 valence electrons. The average Bonchev–Trinajstić information content (AvgIpc) is 2.64. The third-order valence-corrected chi connectivity index (χ3v) is 3.88. The van der Waals surface area contributed by atoms with E-state index in [-0.39, 0.29) is 6.61 Å². The summed E-state index contributed by atoms with van der Waals surface area (Å²) in [6.07, 6.45) is -7.96. The maximum atomic E-state index is 12.6. The van der Waals surface area contributed by atoms with Gasteiger partial charge in [-0.1, -0.05) is 30.3 Å². The SMILES string of the molecule is CC(=O)O[C@@H]1[C@@H](OC(C)=O)[C@H](O)O[C@H](C(=O)OCc2ccccc2)[C@H]1OC(C)=O. The normalized spacial score (nSPS) is 26.1. The van der Waals surface area contributed by atoms with Gasteiger partial charge in [0.25, 0.3) is 0 Å². The van der Waals surface area contributed by atoms with E-state index in [0.29, 0.717) is 5.56 Å². The Bertz CT molecular complexity index is 747. The van der Waals surface area contributed by atoms with Crippen molar-refractivity contribution in [2.24, 2.45) is 0 Å². The molecule has 29 heavy (non-hydrogen) atoms. The number of esters is 4. The van der Waals surface area contributed by atoms with Gasteiger partial charge >= 0.3 is 23.9 Å². The number of aliphatic hydroxyl groups is 1. The Balaban J connectivity index is 2.26. The molecule has 0 radical (unpaired) electrons. The predicted molar refractivity (Wildman–Crippen MR) is 93.8 cm³/mol. The minimum atomic E-state index is -1.83. The van der Waals surface area contributed by atoms with Crippen molar-refractivity contribution in [1.82, 2.24) is 0 Å². The fourth-order valence-electron chi connectivity index (χ4n) is 2.79. The van der Waals surface area contributed by atoms with Crippen LogP contribution in [0.25, 0.3) is 0 Å². The molecule has 10 heteroatoms. The van der Waals surface area contributed by atoms with Gasteiger partial charge in [-0.15, -0.1) is 0 Å². The highest BCUT2D eigenvalue weighted by Crippen LogP contribution is 2.28. The quantitative estimate of drug-likeness (QED) is 0.513. The Kier molecular flexibility index (Phi) is 7.68. The monoisotopic (exact) mass is 410 g/mol. The van der Waals surface area contributed by atoms with E-state index >= 15 is 0 Å². The molecule has 1 aliphatic heterocycles. The van der Waals surface area contributed by atoms with Crippen molar-refractivity contribution in [3.63, 3.8) is 0 Å². The van der Waals surface area contributed by atoms with E-state index < -0.39 is 54.6 Å². The fourth-order valence-corrected chi connectivity index (χ4v) is 2.79. The van der Waals surface area contributed by atoms with Gasteiger partial charge in [0.2, 0.25) is 0 Å². The van der Waals surface area contributed by atoms with Crippen molar-refractivity contribution < 1.29 is 48.0 Å². The third-order valence-electron chi connectivity index (χ3n) is 3.88. The third kappa shape index (κ3) is 6.26. The minimum Gasteiger partial charge on any atom is -0.459 e. The van der Waals surface area contributed by atoms with E-state index in [4.69, 9.17) is 23.7 Å². The number of carbonyl (C=O) groups is 4. The summed E-state index contributed by atoms with van der Waals surface area (Å²) in [5, 5.41) is 10.2. The molecule has 5 atom stereocenters. The molecule has 0 aromatic heterocycles. The van der Waals surface area contributed by atoms with Crippen LogP contribution in [0.1, 0.15) is 26.3 Å². The number of carbonyl (C=O) groups excluding carboxylic acids is 4. The van der Waals surface area contributed by atoms with Gasteiger partial charge in [-0.25, -0.2) is 4.79 Å². The minimum absolute atomic E-state index is 0.103. The molecule has 0 aliphatic carbocycles. The van der Waals surface area contributed by atoms with Crippen LogP contribution in [0.2, 0.25) is 0 Å². The van der Waals surface area contributed by atoms with Crippen LogP contribution in [0.5, 0.6) is 0 Å². The lowest BCUT2D eigenvalue weighted by Crippen LogP contribution is -2.63. The lowest BCUT2D eigenvalue weighted by Gasteiger charge is -2.41. The lowest BCUT2D eigenvalue weighted by molar-refractivity contribution is -0.290.